The highest BCUT2D eigenvalue weighted by Crippen LogP contribution is 2.19. The Morgan fingerprint density at radius 2 is 2.26 bits per heavy atom. The van der Waals surface area contributed by atoms with Crippen LogP contribution in [-0.4, -0.2) is 38.2 Å². The van der Waals surface area contributed by atoms with E-state index in [1.807, 2.05) is 20.8 Å². The largest absolute Gasteiger partial charge is 0.444 e. The van der Waals surface area contributed by atoms with Crippen molar-refractivity contribution < 1.29 is 14.6 Å². The van der Waals surface area contributed by atoms with Gasteiger partial charge in [-0.2, -0.15) is 0 Å². The van der Waals surface area contributed by atoms with Gasteiger partial charge in [0.1, 0.15) is 12.2 Å². The molecule has 104 valence electrons. The summed E-state index contributed by atoms with van der Waals surface area (Å²) in [6.07, 6.45) is 2.10. The fourth-order valence-electron chi connectivity index (χ4n) is 1.90. The number of amides is 1. The number of rotatable bonds is 1. The molecule has 0 saturated carbocycles. The molecule has 0 unspecified atom stereocenters. The molecular weight excluding hydrogens is 246 g/mol. The van der Waals surface area contributed by atoms with Gasteiger partial charge in [0.15, 0.2) is 5.82 Å². The molecule has 0 aromatic carbocycles. The number of fused-ring (bicyclic) bond motifs is 1. The molecule has 2 rings (SSSR count). The fraction of sp³-hybridized carbons (Fsp3) is 0.615. The van der Waals surface area contributed by atoms with Crippen LogP contribution < -0.4 is 0 Å². The standard InChI is InChI=1S/C13H19N3O3/c1-13(2,3)19-12(18)16-5-4-9-6-14-11(8-17)15-10(9)7-16/h6,17H,4-5,7-8H2,1-3H3. The summed E-state index contributed by atoms with van der Waals surface area (Å²) in [6, 6.07) is 0. The molecule has 6 nitrogen and oxygen atoms in total. The Balaban J connectivity index is 2.10. The molecule has 0 bridgehead atoms. The summed E-state index contributed by atoms with van der Waals surface area (Å²) in [7, 11) is 0. The summed E-state index contributed by atoms with van der Waals surface area (Å²) >= 11 is 0. The molecule has 0 fully saturated rings. The van der Waals surface area contributed by atoms with E-state index in [1.165, 1.54) is 0 Å². The molecule has 6 heteroatoms. The van der Waals surface area contributed by atoms with E-state index in [4.69, 9.17) is 9.84 Å². The van der Waals surface area contributed by atoms with Gasteiger partial charge in [-0.15, -0.1) is 0 Å². The van der Waals surface area contributed by atoms with Crippen molar-refractivity contribution in [2.75, 3.05) is 6.54 Å². The summed E-state index contributed by atoms with van der Waals surface area (Å²) in [6.45, 7) is 6.34. The van der Waals surface area contributed by atoms with Crippen molar-refractivity contribution >= 4 is 6.09 Å². The maximum atomic E-state index is 12.0. The number of carbonyl (C=O) groups excluding carboxylic acids is 1. The Hall–Kier alpha value is -1.69. The van der Waals surface area contributed by atoms with Crippen molar-refractivity contribution in [3.63, 3.8) is 0 Å². The predicted octanol–water partition coefficient (Wildman–Crippen LogP) is 1.26. The van der Waals surface area contributed by atoms with E-state index < -0.39 is 5.60 Å². The van der Waals surface area contributed by atoms with Crippen molar-refractivity contribution in [3.8, 4) is 0 Å². The molecule has 0 aliphatic carbocycles. The number of aliphatic hydroxyl groups excluding tert-OH is 1. The lowest BCUT2D eigenvalue weighted by atomic mass is 10.1. The first-order chi connectivity index (χ1) is 8.89. The number of hydrogen-bond acceptors (Lipinski definition) is 5. The average molecular weight is 265 g/mol. The summed E-state index contributed by atoms with van der Waals surface area (Å²) < 4.78 is 5.34. The Bertz CT molecular complexity index is 483. The molecule has 0 spiro atoms. The van der Waals surface area contributed by atoms with Crippen LogP contribution in [-0.2, 0) is 24.3 Å². The van der Waals surface area contributed by atoms with Gasteiger partial charge in [-0.05, 0) is 32.8 Å². The fourth-order valence-corrected chi connectivity index (χ4v) is 1.90. The third-order valence-corrected chi connectivity index (χ3v) is 2.79. The normalized spacial score (nSPS) is 15.1. The maximum absolute atomic E-state index is 12.0. The van der Waals surface area contributed by atoms with Gasteiger partial charge < -0.3 is 14.7 Å². The third kappa shape index (κ3) is 3.41. The SMILES string of the molecule is CC(C)(C)OC(=O)N1CCc2cnc(CO)nc2C1. The zero-order valence-electron chi connectivity index (χ0n) is 11.5. The van der Waals surface area contributed by atoms with E-state index in [9.17, 15) is 4.79 Å². The van der Waals surface area contributed by atoms with E-state index in [0.717, 1.165) is 11.3 Å². The first-order valence-electron chi connectivity index (χ1n) is 6.31. The number of carbonyl (C=O) groups is 1. The van der Waals surface area contributed by atoms with Crippen LogP contribution in [0.4, 0.5) is 4.79 Å². The van der Waals surface area contributed by atoms with E-state index in [2.05, 4.69) is 9.97 Å². The van der Waals surface area contributed by atoms with Gasteiger partial charge in [-0.25, -0.2) is 14.8 Å². The number of nitrogens with zero attached hydrogens (tertiary/aromatic N) is 3. The molecular formula is C13H19N3O3. The average Bonchev–Trinajstić information content (AvgIpc) is 2.35. The highest BCUT2D eigenvalue weighted by atomic mass is 16.6. The van der Waals surface area contributed by atoms with Crippen molar-refractivity contribution in [1.82, 2.24) is 14.9 Å². The summed E-state index contributed by atoms with van der Waals surface area (Å²) in [4.78, 5) is 21.9. The highest BCUT2D eigenvalue weighted by molar-refractivity contribution is 5.68. The van der Waals surface area contributed by atoms with E-state index in [-0.39, 0.29) is 12.7 Å². The summed E-state index contributed by atoms with van der Waals surface area (Å²) in [5.41, 5.74) is 1.31. The molecule has 1 aromatic heterocycles. The Morgan fingerprint density at radius 1 is 1.53 bits per heavy atom. The van der Waals surface area contributed by atoms with Crippen LogP contribution in [0.1, 0.15) is 37.9 Å². The molecule has 1 aromatic rings. The topological polar surface area (TPSA) is 75.5 Å². The first kappa shape index (κ1) is 13.7. The Morgan fingerprint density at radius 3 is 2.89 bits per heavy atom. The molecule has 1 amide bonds. The van der Waals surface area contributed by atoms with Crippen molar-refractivity contribution in [3.05, 3.63) is 23.3 Å². The number of hydrogen-bond donors (Lipinski definition) is 1. The van der Waals surface area contributed by atoms with Gasteiger partial charge in [0.2, 0.25) is 0 Å². The zero-order chi connectivity index (χ0) is 14.0. The highest BCUT2D eigenvalue weighted by Gasteiger charge is 2.26. The monoisotopic (exact) mass is 265 g/mol. The molecule has 0 saturated heterocycles. The van der Waals surface area contributed by atoms with Gasteiger partial charge in [0.25, 0.3) is 0 Å². The number of aliphatic hydroxyl groups is 1. The van der Waals surface area contributed by atoms with E-state index in [1.54, 1.807) is 11.1 Å². The van der Waals surface area contributed by atoms with Gasteiger partial charge in [0.05, 0.1) is 12.2 Å². The van der Waals surface area contributed by atoms with E-state index >= 15 is 0 Å². The second kappa shape index (κ2) is 5.13. The Labute approximate surface area is 112 Å². The van der Waals surface area contributed by atoms with Crippen LogP contribution in [0.2, 0.25) is 0 Å². The lowest BCUT2D eigenvalue weighted by molar-refractivity contribution is 0.0220. The lowest BCUT2D eigenvalue weighted by Gasteiger charge is -2.30. The van der Waals surface area contributed by atoms with Crippen LogP contribution in [0.15, 0.2) is 6.20 Å². The molecule has 1 aliphatic heterocycles. The smallest absolute Gasteiger partial charge is 0.410 e. The van der Waals surface area contributed by atoms with Crippen LogP contribution >= 0.6 is 0 Å². The second-order valence-electron chi connectivity index (χ2n) is 5.57. The van der Waals surface area contributed by atoms with Gasteiger partial charge in [-0.3, -0.25) is 0 Å². The van der Waals surface area contributed by atoms with Crippen molar-refractivity contribution in [2.45, 2.75) is 45.9 Å². The van der Waals surface area contributed by atoms with Crippen molar-refractivity contribution in [1.29, 1.82) is 0 Å². The first-order valence-corrected chi connectivity index (χ1v) is 6.31. The molecule has 1 N–H and O–H groups in total. The lowest BCUT2D eigenvalue weighted by Crippen LogP contribution is -2.40. The summed E-state index contributed by atoms with van der Waals surface area (Å²) in [5.74, 6) is 0.379. The summed E-state index contributed by atoms with van der Waals surface area (Å²) in [5, 5.41) is 9.04. The number of ether oxygens (including phenoxy) is 1. The van der Waals surface area contributed by atoms with Gasteiger partial charge >= 0.3 is 6.09 Å². The molecule has 1 aliphatic rings. The quantitative estimate of drug-likeness (QED) is 0.827. The van der Waals surface area contributed by atoms with Crippen LogP contribution in [0.25, 0.3) is 0 Å². The van der Waals surface area contributed by atoms with Crippen LogP contribution in [0.3, 0.4) is 0 Å². The van der Waals surface area contributed by atoms with Crippen molar-refractivity contribution in [2.24, 2.45) is 0 Å². The van der Waals surface area contributed by atoms with E-state index in [0.29, 0.717) is 25.3 Å². The Kier molecular flexibility index (Phi) is 3.71. The van der Waals surface area contributed by atoms with Crippen LogP contribution in [0.5, 0.6) is 0 Å². The van der Waals surface area contributed by atoms with Gasteiger partial charge in [-0.1, -0.05) is 0 Å². The zero-order valence-corrected chi connectivity index (χ0v) is 11.5. The molecule has 19 heavy (non-hydrogen) atoms. The minimum Gasteiger partial charge on any atom is -0.444 e. The maximum Gasteiger partial charge on any atom is 0.410 e. The van der Waals surface area contributed by atoms with Gasteiger partial charge in [0, 0.05) is 12.7 Å². The molecule has 0 radical (unpaired) electrons. The molecule has 0 atom stereocenters. The minimum absolute atomic E-state index is 0.195. The number of aromatic nitrogens is 2. The minimum atomic E-state index is -0.501. The second-order valence-corrected chi connectivity index (χ2v) is 5.57. The predicted molar refractivity (Wildman–Crippen MR) is 68.3 cm³/mol. The van der Waals surface area contributed by atoms with Crippen LogP contribution in [0, 0.1) is 0 Å². The third-order valence-electron chi connectivity index (χ3n) is 2.79. The molecule has 2 heterocycles.